The lowest BCUT2D eigenvalue weighted by molar-refractivity contribution is -0.120. The van der Waals surface area contributed by atoms with Crippen molar-refractivity contribution in [1.29, 1.82) is 0 Å². The summed E-state index contributed by atoms with van der Waals surface area (Å²) in [5, 5.41) is 4.10. The number of ether oxygens (including phenoxy) is 1. The van der Waals surface area contributed by atoms with Crippen molar-refractivity contribution in [3.05, 3.63) is 93.1 Å². The molecule has 3 aromatic carbocycles. The molecule has 0 radical (unpaired) electrons. The fourth-order valence-electron chi connectivity index (χ4n) is 3.62. The minimum Gasteiger partial charge on any atom is -0.495 e. The first kappa shape index (κ1) is 21.9. The average Bonchev–Trinajstić information content (AvgIpc) is 3.00. The van der Waals surface area contributed by atoms with Crippen LogP contribution in [0.2, 0.25) is 10.0 Å². The highest BCUT2D eigenvalue weighted by atomic mass is 35.5. The Kier molecular flexibility index (Phi) is 5.96. The van der Waals surface area contributed by atoms with Gasteiger partial charge in [-0.1, -0.05) is 47.5 Å². The zero-order chi connectivity index (χ0) is 23.0. The summed E-state index contributed by atoms with van der Waals surface area (Å²) >= 11 is 12.2. The Morgan fingerprint density at radius 3 is 2.22 bits per heavy atom. The van der Waals surface area contributed by atoms with Crippen molar-refractivity contribution in [2.45, 2.75) is 13.8 Å². The molecule has 1 heterocycles. The topological polar surface area (TPSA) is 58.6 Å². The van der Waals surface area contributed by atoms with Gasteiger partial charge >= 0.3 is 0 Å². The Balaban J connectivity index is 1.88. The highest BCUT2D eigenvalue weighted by molar-refractivity contribution is 6.46. The molecule has 4 rings (SSSR count). The van der Waals surface area contributed by atoms with Gasteiger partial charge in [0.1, 0.15) is 11.4 Å². The zero-order valence-corrected chi connectivity index (χ0v) is 19.2. The van der Waals surface area contributed by atoms with E-state index in [1.165, 1.54) is 12.0 Å². The minimum atomic E-state index is -0.462. The number of carbonyl (C=O) groups excluding carboxylic acids is 2. The van der Waals surface area contributed by atoms with E-state index in [0.717, 1.165) is 11.1 Å². The summed E-state index contributed by atoms with van der Waals surface area (Å²) in [5.74, 6) is -0.395. The third-order valence-corrected chi connectivity index (χ3v) is 5.73. The van der Waals surface area contributed by atoms with Crippen LogP contribution in [0.15, 0.2) is 66.4 Å². The summed E-state index contributed by atoms with van der Waals surface area (Å²) in [6.07, 6.45) is 0. The first-order chi connectivity index (χ1) is 15.3. The molecular formula is C25H20Cl2N2O3. The van der Waals surface area contributed by atoms with Crippen LogP contribution in [0, 0.1) is 13.8 Å². The molecule has 1 N–H and O–H groups in total. The molecule has 1 aliphatic heterocycles. The van der Waals surface area contributed by atoms with Crippen molar-refractivity contribution in [2.24, 2.45) is 0 Å². The second-order valence-corrected chi connectivity index (χ2v) is 8.34. The van der Waals surface area contributed by atoms with Crippen molar-refractivity contribution in [2.75, 3.05) is 17.3 Å². The van der Waals surface area contributed by atoms with E-state index in [0.29, 0.717) is 32.7 Å². The van der Waals surface area contributed by atoms with Crippen LogP contribution in [-0.2, 0) is 9.59 Å². The Morgan fingerprint density at radius 2 is 1.53 bits per heavy atom. The second-order valence-electron chi connectivity index (χ2n) is 7.46. The molecule has 0 aliphatic carbocycles. The number of hydrogen-bond donors (Lipinski definition) is 1. The molecule has 0 spiro atoms. The maximum absolute atomic E-state index is 13.6. The van der Waals surface area contributed by atoms with Crippen LogP contribution >= 0.6 is 23.2 Å². The molecule has 32 heavy (non-hydrogen) atoms. The van der Waals surface area contributed by atoms with Gasteiger partial charge in [-0.25, -0.2) is 4.90 Å². The quantitative estimate of drug-likeness (QED) is 0.467. The summed E-state index contributed by atoms with van der Waals surface area (Å²) in [4.78, 5) is 28.4. The number of benzene rings is 3. The van der Waals surface area contributed by atoms with Crippen LogP contribution in [0.25, 0.3) is 5.57 Å². The number of aryl methyl sites for hydroxylation is 2. The van der Waals surface area contributed by atoms with Crippen LogP contribution in [0.1, 0.15) is 16.7 Å². The van der Waals surface area contributed by atoms with Gasteiger partial charge < -0.3 is 10.1 Å². The molecule has 162 valence electrons. The number of halogens is 2. The number of rotatable bonds is 5. The van der Waals surface area contributed by atoms with Crippen LogP contribution in [0.3, 0.4) is 0 Å². The lowest BCUT2D eigenvalue weighted by atomic mass is 10.0. The van der Waals surface area contributed by atoms with Crippen molar-refractivity contribution >= 4 is 52.0 Å². The number of hydrogen-bond acceptors (Lipinski definition) is 4. The van der Waals surface area contributed by atoms with E-state index in [9.17, 15) is 9.59 Å². The number of anilines is 2. The highest BCUT2D eigenvalue weighted by Crippen LogP contribution is 2.37. The van der Waals surface area contributed by atoms with E-state index < -0.39 is 11.8 Å². The van der Waals surface area contributed by atoms with Crippen LogP contribution in [-0.4, -0.2) is 18.9 Å². The van der Waals surface area contributed by atoms with E-state index in [1.54, 1.807) is 42.5 Å². The van der Waals surface area contributed by atoms with Crippen LogP contribution in [0.5, 0.6) is 5.75 Å². The molecule has 0 saturated carbocycles. The van der Waals surface area contributed by atoms with Crippen molar-refractivity contribution < 1.29 is 14.3 Å². The summed E-state index contributed by atoms with van der Waals surface area (Å²) in [6.45, 7) is 3.78. The number of carbonyl (C=O) groups is 2. The number of nitrogens with one attached hydrogen (secondary N) is 1. The second kappa shape index (κ2) is 8.69. The number of nitrogens with zero attached hydrogens (tertiary/aromatic N) is 1. The normalized spacial score (nSPS) is 13.7. The Hall–Kier alpha value is -3.28. The molecule has 5 nitrogen and oxygen atoms in total. The van der Waals surface area contributed by atoms with E-state index in [1.807, 2.05) is 32.0 Å². The molecule has 0 atom stereocenters. The Labute approximate surface area is 196 Å². The van der Waals surface area contributed by atoms with Gasteiger partial charge in [-0.05, 0) is 66.9 Å². The Bertz CT molecular complexity index is 1270. The van der Waals surface area contributed by atoms with Gasteiger partial charge in [0.15, 0.2) is 0 Å². The third kappa shape index (κ3) is 3.97. The van der Waals surface area contributed by atoms with Crippen LogP contribution in [0.4, 0.5) is 11.4 Å². The molecule has 7 heteroatoms. The molecule has 0 saturated heterocycles. The molecule has 0 bridgehead atoms. The van der Waals surface area contributed by atoms with Crippen molar-refractivity contribution in [3.8, 4) is 5.75 Å². The summed E-state index contributed by atoms with van der Waals surface area (Å²) in [7, 11) is 1.52. The predicted molar refractivity (Wildman–Crippen MR) is 128 cm³/mol. The smallest absolute Gasteiger partial charge is 0.282 e. The van der Waals surface area contributed by atoms with Gasteiger partial charge in [0.25, 0.3) is 11.8 Å². The molecule has 0 fully saturated rings. The van der Waals surface area contributed by atoms with Gasteiger partial charge in [0, 0.05) is 10.0 Å². The van der Waals surface area contributed by atoms with Gasteiger partial charge in [-0.3, -0.25) is 9.59 Å². The Morgan fingerprint density at radius 1 is 0.844 bits per heavy atom. The molecule has 3 aromatic rings. The van der Waals surface area contributed by atoms with Gasteiger partial charge in [0.05, 0.1) is 24.1 Å². The van der Waals surface area contributed by atoms with Gasteiger partial charge in [0.2, 0.25) is 0 Å². The lowest BCUT2D eigenvalue weighted by Gasteiger charge is -2.19. The lowest BCUT2D eigenvalue weighted by Crippen LogP contribution is -2.33. The first-order valence-electron chi connectivity index (χ1n) is 9.87. The summed E-state index contributed by atoms with van der Waals surface area (Å²) < 4.78 is 5.40. The maximum Gasteiger partial charge on any atom is 0.282 e. The van der Waals surface area contributed by atoms with E-state index in [-0.39, 0.29) is 11.3 Å². The minimum absolute atomic E-state index is 0.138. The zero-order valence-electron chi connectivity index (χ0n) is 17.7. The molecule has 0 aromatic heterocycles. The SMILES string of the molecule is COc1ccc(Cl)cc1NC1=C(c2ccc(Cl)cc2)C(=O)N(c2cc(C)ccc2C)C1=O. The molecular weight excluding hydrogens is 447 g/mol. The molecule has 1 aliphatic rings. The third-order valence-electron chi connectivity index (χ3n) is 5.24. The van der Waals surface area contributed by atoms with Crippen LogP contribution < -0.4 is 15.0 Å². The summed E-state index contributed by atoms with van der Waals surface area (Å²) in [6, 6.07) is 17.5. The largest absolute Gasteiger partial charge is 0.495 e. The van der Waals surface area contributed by atoms with Gasteiger partial charge in [-0.2, -0.15) is 0 Å². The number of imide groups is 1. The standard InChI is InChI=1S/C25H20Cl2N2O3/c1-14-4-5-15(2)20(12-14)29-24(30)22(16-6-8-17(26)9-7-16)23(25(29)31)28-19-13-18(27)10-11-21(19)32-3/h4-13,28H,1-3H3. The maximum atomic E-state index is 13.6. The molecule has 2 amide bonds. The number of amides is 2. The molecule has 0 unspecified atom stereocenters. The first-order valence-corrected chi connectivity index (χ1v) is 10.6. The predicted octanol–water partition coefficient (Wildman–Crippen LogP) is 6.02. The van der Waals surface area contributed by atoms with E-state index >= 15 is 0 Å². The monoisotopic (exact) mass is 466 g/mol. The van der Waals surface area contributed by atoms with E-state index in [4.69, 9.17) is 27.9 Å². The fraction of sp³-hybridized carbons (Fsp3) is 0.120. The van der Waals surface area contributed by atoms with Gasteiger partial charge in [-0.15, -0.1) is 0 Å². The fourth-order valence-corrected chi connectivity index (χ4v) is 3.92. The average molecular weight is 467 g/mol. The summed E-state index contributed by atoms with van der Waals surface area (Å²) in [5.41, 5.74) is 3.73. The number of methoxy groups -OCH3 is 1. The van der Waals surface area contributed by atoms with Crippen molar-refractivity contribution in [1.82, 2.24) is 0 Å². The van der Waals surface area contributed by atoms with Crippen molar-refractivity contribution in [3.63, 3.8) is 0 Å². The highest BCUT2D eigenvalue weighted by Gasteiger charge is 2.41. The van der Waals surface area contributed by atoms with E-state index in [2.05, 4.69) is 5.32 Å².